The Morgan fingerprint density at radius 1 is 1.18 bits per heavy atom. The number of anilines is 1. The van der Waals surface area contributed by atoms with E-state index in [1.165, 1.54) is 4.57 Å². The molecule has 4 aromatic rings. The number of carbonyl (C=O) groups is 1. The number of carboxylic acid groups (broad SMARTS) is 1. The minimum atomic E-state index is -3.50. The monoisotopic (exact) mass is 488 g/mol. The van der Waals surface area contributed by atoms with Crippen molar-refractivity contribution in [1.82, 2.24) is 14.5 Å². The molecule has 0 atom stereocenters. The number of aromatic carboxylic acids is 1. The number of nitrogens with zero attached hydrogens (tertiary/aromatic N) is 1. The predicted octanol–water partition coefficient (Wildman–Crippen LogP) is 2.46. The minimum Gasteiger partial charge on any atom is -0.477 e. The molecule has 4 rings (SSSR count). The summed E-state index contributed by atoms with van der Waals surface area (Å²) in [6.45, 7) is 0.0559. The second kappa shape index (κ2) is 8.26. The van der Waals surface area contributed by atoms with Gasteiger partial charge in [-0.05, 0) is 35.9 Å². The van der Waals surface area contributed by atoms with Gasteiger partial charge in [0.25, 0.3) is 5.56 Å². The summed E-state index contributed by atoms with van der Waals surface area (Å²) < 4.78 is 27.0. The Labute approximate surface area is 191 Å². The van der Waals surface area contributed by atoms with E-state index in [1.807, 2.05) is 0 Å². The molecule has 0 saturated carbocycles. The van der Waals surface area contributed by atoms with Crippen molar-refractivity contribution in [3.05, 3.63) is 85.8 Å². The summed E-state index contributed by atoms with van der Waals surface area (Å²) in [6, 6.07) is 11.3. The van der Waals surface area contributed by atoms with E-state index in [1.54, 1.807) is 42.5 Å². The van der Waals surface area contributed by atoms with Gasteiger partial charge in [-0.2, -0.15) is 0 Å². The van der Waals surface area contributed by atoms with Gasteiger partial charge in [-0.15, -0.1) is 0 Å². The fourth-order valence-corrected chi connectivity index (χ4v) is 4.44. The zero-order valence-electron chi connectivity index (χ0n) is 17.0. The van der Waals surface area contributed by atoms with Crippen LogP contribution >= 0.6 is 11.6 Å². The molecule has 0 fully saturated rings. The fourth-order valence-electron chi connectivity index (χ4n) is 3.71. The number of rotatable bonds is 6. The molecule has 0 bridgehead atoms. The van der Waals surface area contributed by atoms with Crippen LogP contribution in [0.4, 0.5) is 5.69 Å². The van der Waals surface area contributed by atoms with E-state index < -0.39 is 27.2 Å². The molecule has 0 aliphatic carbocycles. The smallest absolute Gasteiger partial charge is 0.353 e. The molecule has 170 valence electrons. The molecule has 10 nitrogen and oxygen atoms in total. The number of halogens is 1. The second-order valence-corrected chi connectivity index (χ2v) is 9.52. The highest BCUT2D eigenvalue weighted by Crippen LogP contribution is 2.35. The Kier molecular flexibility index (Phi) is 5.60. The van der Waals surface area contributed by atoms with Gasteiger partial charge in [0.15, 0.2) is 0 Å². The van der Waals surface area contributed by atoms with Crippen LogP contribution in [0.2, 0.25) is 5.02 Å². The zero-order chi connectivity index (χ0) is 23.9. The molecule has 2 aromatic heterocycles. The van der Waals surface area contributed by atoms with E-state index in [4.69, 9.17) is 11.6 Å². The van der Waals surface area contributed by atoms with Crippen LogP contribution in [-0.4, -0.2) is 40.3 Å². The number of H-pyrrole nitrogens is 2. The van der Waals surface area contributed by atoms with Crippen LogP contribution in [0.15, 0.2) is 58.3 Å². The van der Waals surface area contributed by atoms with Crippen molar-refractivity contribution < 1.29 is 18.3 Å². The molecule has 12 heteroatoms. The lowest BCUT2D eigenvalue weighted by Crippen LogP contribution is -2.23. The first-order chi connectivity index (χ1) is 15.5. The number of hydrogen-bond acceptors (Lipinski definition) is 5. The number of nitrogens with one attached hydrogen (secondary N) is 3. The van der Waals surface area contributed by atoms with Gasteiger partial charge in [0.2, 0.25) is 10.0 Å². The van der Waals surface area contributed by atoms with Gasteiger partial charge >= 0.3 is 11.7 Å². The SMILES string of the molecule is CS(=O)(=O)Nc1cccc(Cn2c(C(=O)O)c(-c3c[nH]c(=O)[nH]c3=O)c3cc(Cl)ccc32)c1. The van der Waals surface area contributed by atoms with Crippen LogP contribution in [-0.2, 0) is 16.6 Å². The average molecular weight is 489 g/mol. The van der Waals surface area contributed by atoms with Gasteiger partial charge in [0, 0.05) is 39.9 Å². The normalized spacial score (nSPS) is 11.6. The van der Waals surface area contributed by atoms with E-state index in [0.717, 1.165) is 12.5 Å². The largest absolute Gasteiger partial charge is 0.477 e. The number of carboxylic acids is 1. The summed E-state index contributed by atoms with van der Waals surface area (Å²) in [5.41, 5.74) is -0.181. The molecular formula is C21H17ClN4O6S. The van der Waals surface area contributed by atoms with Gasteiger partial charge in [0.05, 0.1) is 11.8 Å². The van der Waals surface area contributed by atoms with Crippen LogP contribution in [0.25, 0.3) is 22.0 Å². The standard InChI is InChI=1S/C21H17ClN4O6S/c1-33(31,32)25-13-4-2-3-11(7-13)10-26-16-6-5-12(22)8-14(16)17(18(26)20(28)29)15-9-23-21(30)24-19(15)27/h2-9,25H,10H2,1H3,(H,28,29)(H2,23,24,27,30). The first-order valence-corrected chi connectivity index (χ1v) is 11.7. The quantitative estimate of drug-likeness (QED) is 0.327. The van der Waals surface area contributed by atoms with Crippen molar-refractivity contribution in [2.45, 2.75) is 6.54 Å². The maximum Gasteiger partial charge on any atom is 0.353 e. The lowest BCUT2D eigenvalue weighted by Gasteiger charge is -2.11. The molecule has 2 aromatic carbocycles. The van der Waals surface area contributed by atoms with Crippen molar-refractivity contribution in [2.24, 2.45) is 0 Å². The molecule has 0 radical (unpaired) electrons. The van der Waals surface area contributed by atoms with Gasteiger partial charge in [0.1, 0.15) is 5.69 Å². The number of fused-ring (bicyclic) bond motifs is 1. The van der Waals surface area contributed by atoms with Gasteiger partial charge in [-0.1, -0.05) is 23.7 Å². The summed E-state index contributed by atoms with van der Waals surface area (Å²) in [5, 5.41) is 10.8. The van der Waals surface area contributed by atoms with E-state index >= 15 is 0 Å². The zero-order valence-corrected chi connectivity index (χ0v) is 18.6. The summed E-state index contributed by atoms with van der Waals surface area (Å²) in [6.07, 6.45) is 2.18. The molecule has 0 spiro atoms. The van der Waals surface area contributed by atoms with E-state index in [2.05, 4.69) is 14.7 Å². The number of aromatic nitrogens is 3. The third kappa shape index (κ3) is 4.54. The summed E-state index contributed by atoms with van der Waals surface area (Å²) in [7, 11) is -3.50. The summed E-state index contributed by atoms with van der Waals surface area (Å²) in [5.74, 6) is -1.30. The molecule has 4 N–H and O–H groups in total. The molecule has 0 aliphatic rings. The molecular weight excluding hydrogens is 472 g/mol. The highest BCUT2D eigenvalue weighted by molar-refractivity contribution is 7.92. The summed E-state index contributed by atoms with van der Waals surface area (Å²) >= 11 is 6.16. The highest BCUT2D eigenvalue weighted by atomic mass is 35.5. The molecule has 0 amide bonds. The third-order valence-electron chi connectivity index (χ3n) is 4.89. The van der Waals surface area contributed by atoms with Crippen LogP contribution in [0.3, 0.4) is 0 Å². The maximum absolute atomic E-state index is 12.5. The van der Waals surface area contributed by atoms with Crippen molar-refractivity contribution in [3.63, 3.8) is 0 Å². The Balaban J connectivity index is 1.97. The van der Waals surface area contributed by atoms with Crippen LogP contribution < -0.4 is 16.0 Å². The number of sulfonamides is 1. The molecule has 0 saturated heterocycles. The van der Waals surface area contributed by atoms with Gasteiger partial charge < -0.3 is 14.7 Å². The Morgan fingerprint density at radius 2 is 1.94 bits per heavy atom. The van der Waals surface area contributed by atoms with E-state index in [9.17, 15) is 27.9 Å². The van der Waals surface area contributed by atoms with Crippen LogP contribution in [0, 0.1) is 0 Å². The highest BCUT2D eigenvalue weighted by Gasteiger charge is 2.26. The molecule has 0 unspecified atom stereocenters. The number of aromatic amines is 2. The lowest BCUT2D eigenvalue weighted by molar-refractivity contribution is 0.0687. The lowest BCUT2D eigenvalue weighted by atomic mass is 10.0. The number of hydrogen-bond donors (Lipinski definition) is 4. The van der Waals surface area contributed by atoms with E-state index in [0.29, 0.717) is 27.2 Å². The number of benzene rings is 2. The van der Waals surface area contributed by atoms with Crippen molar-refractivity contribution >= 4 is 44.2 Å². The first kappa shape index (κ1) is 22.4. The maximum atomic E-state index is 12.5. The van der Waals surface area contributed by atoms with E-state index in [-0.39, 0.29) is 23.4 Å². The second-order valence-electron chi connectivity index (χ2n) is 7.34. The Morgan fingerprint density at radius 3 is 2.61 bits per heavy atom. The van der Waals surface area contributed by atoms with Gasteiger partial charge in [-0.25, -0.2) is 18.0 Å². The van der Waals surface area contributed by atoms with Crippen molar-refractivity contribution in [1.29, 1.82) is 0 Å². The van der Waals surface area contributed by atoms with Crippen molar-refractivity contribution in [3.8, 4) is 11.1 Å². The molecule has 33 heavy (non-hydrogen) atoms. The predicted molar refractivity (Wildman–Crippen MR) is 125 cm³/mol. The Hall–Kier alpha value is -3.83. The Bertz CT molecular complexity index is 1630. The van der Waals surface area contributed by atoms with Crippen molar-refractivity contribution in [2.75, 3.05) is 11.0 Å². The van der Waals surface area contributed by atoms with Crippen LogP contribution in [0.1, 0.15) is 16.1 Å². The fraction of sp³-hybridized carbons (Fsp3) is 0.0952. The van der Waals surface area contributed by atoms with Gasteiger partial charge in [-0.3, -0.25) is 14.5 Å². The third-order valence-corrected chi connectivity index (χ3v) is 5.73. The summed E-state index contributed by atoms with van der Waals surface area (Å²) in [4.78, 5) is 40.8. The molecule has 2 heterocycles. The van der Waals surface area contributed by atoms with Crippen LogP contribution in [0.5, 0.6) is 0 Å². The topological polar surface area (TPSA) is 154 Å². The molecule has 0 aliphatic heterocycles. The minimum absolute atomic E-state index is 0.0366. The first-order valence-electron chi connectivity index (χ1n) is 9.47. The average Bonchev–Trinajstić information content (AvgIpc) is 3.00.